The summed E-state index contributed by atoms with van der Waals surface area (Å²) < 4.78 is 21.2. The highest BCUT2D eigenvalue weighted by atomic mass is 35.5. The summed E-state index contributed by atoms with van der Waals surface area (Å²) >= 11 is 5.85. The van der Waals surface area contributed by atoms with Gasteiger partial charge in [0.2, 0.25) is 6.79 Å². The van der Waals surface area contributed by atoms with Crippen LogP contribution < -0.4 is 15.4 Å². The van der Waals surface area contributed by atoms with Crippen molar-refractivity contribution in [2.45, 2.75) is 65.6 Å². The summed E-state index contributed by atoms with van der Waals surface area (Å²) in [4.78, 5) is 49.0. The smallest absolute Gasteiger partial charge is 0.407 e. The fourth-order valence-corrected chi connectivity index (χ4v) is 3.56. The molecular formula is C30H39ClN2O8. The quantitative estimate of drug-likeness (QED) is 0.244. The van der Waals surface area contributed by atoms with Gasteiger partial charge in [-0.1, -0.05) is 30.7 Å². The maximum absolute atomic E-state index is 12.6. The summed E-state index contributed by atoms with van der Waals surface area (Å²) in [6.07, 6.45) is 0.368. The Morgan fingerprint density at radius 1 is 0.878 bits per heavy atom. The van der Waals surface area contributed by atoms with Crippen LogP contribution in [0.2, 0.25) is 5.02 Å². The van der Waals surface area contributed by atoms with Crippen molar-refractivity contribution in [2.75, 3.05) is 19.9 Å². The van der Waals surface area contributed by atoms with Gasteiger partial charge in [-0.05, 0) is 89.4 Å². The summed E-state index contributed by atoms with van der Waals surface area (Å²) in [5.41, 5.74) is -0.520. The van der Waals surface area contributed by atoms with Crippen LogP contribution in [0.15, 0.2) is 48.5 Å². The first-order valence-electron chi connectivity index (χ1n) is 13.3. The molecule has 10 nitrogen and oxygen atoms in total. The van der Waals surface area contributed by atoms with E-state index < -0.39 is 41.9 Å². The van der Waals surface area contributed by atoms with Gasteiger partial charge in [-0.2, -0.15) is 0 Å². The topological polar surface area (TPSA) is 129 Å². The molecule has 1 unspecified atom stereocenters. The van der Waals surface area contributed by atoms with Crippen molar-refractivity contribution in [3.05, 3.63) is 64.7 Å². The zero-order chi connectivity index (χ0) is 30.6. The first-order chi connectivity index (χ1) is 19.2. The third kappa shape index (κ3) is 12.1. The number of nitrogens with one attached hydrogen (secondary N) is 2. The molecule has 2 N–H and O–H groups in total. The number of hydrogen-bond donors (Lipinski definition) is 2. The van der Waals surface area contributed by atoms with Gasteiger partial charge in [0, 0.05) is 23.7 Å². The van der Waals surface area contributed by atoms with E-state index >= 15 is 0 Å². The number of hydrogen-bond acceptors (Lipinski definition) is 8. The molecule has 0 saturated carbocycles. The fourth-order valence-electron chi connectivity index (χ4n) is 3.43. The minimum atomic E-state index is -1.36. The molecule has 0 fully saturated rings. The number of rotatable bonds is 13. The van der Waals surface area contributed by atoms with E-state index in [-0.39, 0.29) is 12.5 Å². The zero-order valence-electron chi connectivity index (χ0n) is 24.4. The van der Waals surface area contributed by atoms with E-state index in [9.17, 15) is 19.2 Å². The standard InChI is InChI=1S/C30H39ClN2O8/c1-7-21(18-33-28(37)41-29(2,3)4)26(35)38-19-39-27(36)30(5,6)40-24-14-8-20(9-15-24)16-17-32-25(34)22-10-12-23(31)13-11-22/h8-15,21H,7,16-19H2,1-6H3,(H,32,34)(H,33,37). The lowest BCUT2D eigenvalue weighted by Gasteiger charge is -2.24. The number of carbonyl (C=O) groups excluding carboxylic acids is 4. The third-order valence-corrected chi connectivity index (χ3v) is 5.95. The lowest BCUT2D eigenvalue weighted by atomic mass is 10.1. The van der Waals surface area contributed by atoms with Crippen LogP contribution in [0.3, 0.4) is 0 Å². The number of ether oxygens (including phenoxy) is 4. The van der Waals surface area contributed by atoms with Crippen molar-refractivity contribution in [3.8, 4) is 5.75 Å². The second-order valence-electron chi connectivity index (χ2n) is 10.8. The van der Waals surface area contributed by atoms with Crippen molar-refractivity contribution in [2.24, 2.45) is 5.92 Å². The molecule has 0 aromatic heterocycles. The van der Waals surface area contributed by atoms with E-state index in [1.807, 2.05) is 12.1 Å². The molecule has 1 atom stereocenters. The van der Waals surface area contributed by atoms with E-state index in [1.54, 1.807) is 64.1 Å². The number of carbonyl (C=O) groups is 4. The molecule has 0 bridgehead atoms. The average Bonchev–Trinajstić information content (AvgIpc) is 2.89. The summed E-state index contributed by atoms with van der Waals surface area (Å²) in [6, 6.07) is 13.8. The van der Waals surface area contributed by atoms with E-state index in [4.69, 9.17) is 30.5 Å². The largest absolute Gasteiger partial charge is 0.476 e. The molecular weight excluding hydrogens is 552 g/mol. The van der Waals surface area contributed by atoms with Crippen LogP contribution in [0.4, 0.5) is 4.79 Å². The van der Waals surface area contributed by atoms with Gasteiger partial charge in [-0.25, -0.2) is 9.59 Å². The highest BCUT2D eigenvalue weighted by Gasteiger charge is 2.32. The Bertz CT molecular complexity index is 1170. The molecule has 2 amide bonds. The van der Waals surface area contributed by atoms with Gasteiger partial charge in [0.05, 0.1) is 5.92 Å². The lowest BCUT2D eigenvalue weighted by Crippen LogP contribution is -2.40. The van der Waals surface area contributed by atoms with Crippen LogP contribution in [0, 0.1) is 5.92 Å². The maximum Gasteiger partial charge on any atom is 0.407 e. The van der Waals surface area contributed by atoms with Crippen LogP contribution in [-0.2, 0) is 30.2 Å². The molecule has 224 valence electrons. The van der Waals surface area contributed by atoms with Gasteiger partial charge in [0.15, 0.2) is 5.60 Å². The Morgan fingerprint density at radius 3 is 2.10 bits per heavy atom. The second kappa shape index (κ2) is 15.3. The Hall–Kier alpha value is -3.79. The molecule has 2 aromatic carbocycles. The second-order valence-corrected chi connectivity index (χ2v) is 11.2. The van der Waals surface area contributed by atoms with Crippen molar-refractivity contribution < 1.29 is 38.1 Å². The first kappa shape index (κ1) is 33.4. The van der Waals surface area contributed by atoms with Crippen LogP contribution in [0.1, 0.15) is 63.9 Å². The van der Waals surface area contributed by atoms with E-state index in [2.05, 4.69) is 10.6 Å². The van der Waals surface area contributed by atoms with Crippen LogP contribution in [0.25, 0.3) is 0 Å². The molecule has 0 aliphatic rings. The first-order valence-corrected chi connectivity index (χ1v) is 13.7. The normalized spacial score (nSPS) is 12.1. The number of alkyl carbamates (subject to hydrolysis) is 1. The Morgan fingerprint density at radius 2 is 1.51 bits per heavy atom. The van der Waals surface area contributed by atoms with Crippen molar-refractivity contribution in [1.82, 2.24) is 10.6 Å². The Kier molecular flexibility index (Phi) is 12.5. The molecule has 0 heterocycles. The van der Waals surface area contributed by atoms with Crippen LogP contribution in [-0.4, -0.2) is 55.0 Å². The van der Waals surface area contributed by atoms with Crippen molar-refractivity contribution in [3.63, 3.8) is 0 Å². The molecule has 0 radical (unpaired) electrons. The molecule has 2 rings (SSSR count). The van der Waals surface area contributed by atoms with Gasteiger partial charge >= 0.3 is 18.0 Å². The third-order valence-electron chi connectivity index (χ3n) is 5.70. The fraction of sp³-hybridized carbons (Fsp3) is 0.467. The van der Waals surface area contributed by atoms with Gasteiger partial charge < -0.3 is 29.6 Å². The highest BCUT2D eigenvalue weighted by molar-refractivity contribution is 6.30. The summed E-state index contributed by atoms with van der Waals surface area (Å²) in [7, 11) is 0. The Balaban J connectivity index is 1.75. The predicted molar refractivity (Wildman–Crippen MR) is 154 cm³/mol. The molecule has 2 aromatic rings. The highest BCUT2D eigenvalue weighted by Crippen LogP contribution is 2.21. The zero-order valence-corrected chi connectivity index (χ0v) is 25.1. The van der Waals surface area contributed by atoms with Gasteiger partial charge in [0.1, 0.15) is 11.4 Å². The van der Waals surface area contributed by atoms with Crippen LogP contribution >= 0.6 is 11.6 Å². The van der Waals surface area contributed by atoms with Crippen molar-refractivity contribution >= 4 is 35.5 Å². The molecule has 41 heavy (non-hydrogen) atoms. The Labute approximate surface area is 246 Å². The molecule has 0 saturated heterocycles. The average molecular weight is 591 g/mol. The van der Waals surface area contributed by atoms with Crippen LogP contribution in [0.5, 0.6) is 5.75 Å². The number of benzene rings is 2. The molecule has 11 heteroatoms. The summed E-state index contributed by atoms with van der Waals surface area (Å²) in [5.74, 6) is -1.71. The van der Waals surface area contributed by atoms with E-state index in [1.165, 1.54) is 13.8 Å². The summed E-state index contributed by atoms with van der Waals surface area (Å²) in [5, 5.41) is 5.96. The van der Waals surface area contributed by atoms with Gasteiger partial charge in [-0.3, -0.25) is 9.59 Å². The SMILES string of the molecule is CCC(CNC(=O)OC(C)(C)C)C(=O)OCOC(=O)C(C)(C)Oc1ccc(CCNC(=O)c2ccc(Cl)cc2)cc1. The predicted octanol–water partition coefficient (Wildman–Crippen LogP) is 5.06. The number of amides is 2. The summed E-state index contributed by atoms with van der Waals surface area (Å²) in [6.45, 7) is 9.94. The minimum absolute atomic E-state index is 0.0253. The van der Waals surface area contributed by atoms with E-state index in [0.717, 1.165) is 5.56 Å². The molecule has 0 aliphatic carbocycles. The van der Waals surface area contributed by atoms with E-state index in [0.29, 0.717) is 35.7 Å². The van der Waals surface area contributed by atoms with Crippen molar-refractivity contribution in [1.29, 1.82) is 0 Å². The monoisotopic (exact) mass is 590 g/mol. The number of halogens is 1. The number of esters is 2. The van der Waals surface area contributed by atoms with Gasteiger partial charge in [0.25, 0.3) is 5.91 Å². The maximum atomic E-state index is 12.6. The lowest BCUT2D eigenvalue weighted by molar-refractivity contribution is -0.179. The van der Waals surface area contributed by atoms with Gasteiger partial charge in [-0.15, -0.1) is 0 Å². The minimum Gasteiger partial charge on any atom is -0.476 e. The molecule has 0 aliphatic heterocycles. The molecule has 0 spiro atoms.